The van der Waals surface area contributed by atoms with Crippen LogP contribution in [0.4, 0.5) is 0 Å². The van der Waals surface area contributed by atoms with Gasteiger partial charge >= 0.3 is 5.97 Å². The van der Waals surface area contributed by atoms with E-state index in [0.717, 1.165) is 23.3 Å². The van der Waals surface area contributed by atoms with Gasteiger partial charge in [-0.15, -0.1) is 0 Å². The van der Waals surface area contributed by atoms with Crippen LogP contribution < -0.4 is 10.1 Å². The summed E-state index contributed by atoms with van der Waals surface area (Å²) in [6.45, 7) is 0.604. The summed E-state index contributed by atoms with van der Waals surface area (Å²) < 4.78 is 5.41. The van der Waals surface area contributed by atoms with Gasteiger partial charge in [0.05, 0.1) is 19.1 Å². The van der Waals surface area contributed by atoms with E-state index in [4.69, 9.17) is 9.84 Å². The number of benzene rings is 1. The van der Waals surface area contributed by atoms with Gasteiger partial charge in [0.2, 0.25) is 6.41 Å². The minimum Gasteiger partial charge on any atom is -0.493 e. The number of amides is 1. The fourth-order valence-corrected chi connectivity index (χ4v) is 2.09. The van der Waals surface area contributed by atoms with Crippen LogP contribution in [-0.2, 0) is 16.0 Å². The van der Waals surface area contributed by atoms with E-state index in [-0.39, 0.29) is 6.42 Å². The minimum atomic E-state index is -0.944. The van der Waals surface area contributed by atoms with Gasteiger partial charge in [-0.3, -0.25) is 9.59 Å². The van der Waals surface area contributed by atoms with Crippen molar-refractivity contribution in [1.82, 2.24) is 5.32 Å². The first-order valence-electron chi connectivity index (χ1n) is 5.38. The molecule has 1 atom stereocenters. The van der Waals surface area contributed by atoms with Crippen molar-refractivity contribution in [3.8, 4) is 5.75 Å². The molecular weight excluding hydrogens is 222 g/mol. The molecule has 2 rings (SSSR count). The number of fused-ring (bicyclic) bond motifs is 1. The zero-order valence-electron chi connectivity index (χ0n) is 9.18. The average Bonchev–Trinajstić information content (AvgIpc) is 2.75. The van der Waals surface area contributed by atoms with E-state index >= 15 is 0 Å². The Kier molecular flexibility index (Phi) is 3.27. The molecule has 1 heterocycles. The summed E-state index contributed by atoms with van der Waals surface area (Å²) in [5.41, 5.74) is 1.82. The Morgan fingerprint density at radius 2 is 2.41 bits per heavy atom. The molecule has 17 heavy (non-hydrogen) atoms. The first-order chi connectivity index (χ1) is 8.22. The van der Waals surface area contributed by atoms with Crippen LogP contribution in [0.2, 0.25) is 0 Å². The number of rotatable bonds is 5. The fraction of sp³-hybridized carbons (Fsp3) is 0.333. The predicted octanol–water partition coefficient (Wildman–Crippen LogP) is 0.883. The number of aliphatic carboxylic acids is 1. The number of nitrogens with one attached hydrogen (secondary N) is 1. The van der Waals surface area contributed by atoms with Crippen LogP contribution in [0.15, 0.2) is 18.2 Å². The number of ether oxygens (including phenoxy) is 1. The van der Waals surface area contributed by atoms with Gasteiger partial charge in [0.15, 0.2) is 0 Å². The highest BCUT2D eigenvalue weighted by molar-refractivity contribution is 5.69. The maximum Gasteiger partial charge on any atom is 0.305 e. The highest BCUT2D eigenvalue weighted by Gasteiger charge is 2.22. The topological polar surface area (TPSA) is 75.6 Å². The van der Waals surface area contributed by atoms with E-state index in [1.807, 2.05) is 12.1 Å². The van der Waals surface area contributed by atoms with Crippen molar-refractivity contribution < 1.29 is 19.4 Å². The summed E-state index contributed by atoms with van der Waals surface area (Å²) >= 11 is 0. The zero-order chi connectivity index (χ0) is 12.3. The molecule has 5 nitrogen and oxygen atoms in total. The van der Waals surface area contributed by atoms with Crippen molar-refractivity contribution in [2.45, 2.75) is 18.9 Å². The lowest BCUT2D eigenvalue weighted by atomic mass is 9.96. The van der Waals surface area contributed by atoms with Gasteiger partial charge < -0.3 is 15.2 Å². The summed E-state index contributed by atoms with van der Waals surface area (Å²) in [6, 6.07) is 4.99. The zero-order valence-corrected chi connectivity index (χ0v) is 9.18. The smallest absolute Gasteiger partial charge is 0.305 e. The summed E-state index contributed by atoms with van der Waals surface area (Å²) in [6.07, 6.45) is 1.15. The molecule has 1 aromatic rings. The molecule has 5 heteroatoms. The molecule has 1 amide bonds. The third-order valence-electron chi connectivity index (χ3n) is 2.80. The second kappa shape index (κ2) is 4.86. The van der Waals surface area contributed by atoms with Crippen LogP contribution in [0, 0.1) is 0 Å². The van der Waals surface area contributed by atoms with Crippen LogP contribution in [0.1, 0.15) is 23.6 Å². The van der Waals surface area contributed by atoms with Gasteiger partial charge in [0.1, 0.15) is 5.75 Å². The second-order valence-electron chi connectivity index (χ2n) is 3.86. The number of carboxylic acid groups (broad SMARTS) is 1. The van der Waals surface area contributed by atoms with E-state index < -0.39 is 12.0 Å². The van der Waals surface area contributed by atoms with Crippen molar-refractivity contribution in [2.24, 2.45) is 0 Å². The third kappa shape index (κ3) is 2.38. The molecule has 0 aliphatic carbocycles. The second-order valence-corrected chi connectivity index (χ2v) is 3.86. The molecule has 0 bridgehead atoms. The quantitative estimate of drug-likeness (QED) is 0.743. The Bertz CT molecular complexity index is 444. The molecule has 1 aliphatic rings. The monoisotopic (exact) mass is 235 g/mol. The minimum absolute atomic E-state index is 0.130. The molecule has 0 saturated heterocycles. The number of carboxylic acids is 1. The van der Waals surface area contributed by atoms with Crippen molar-refractivity contribution in [3.63, 3.8) is 0 Å². The van der Waals surface area contributed by atoms with Gasteiger partial charge in [0, 0.05) is 12.0 Å². The molecule has 0 spiro atoms. The first kappa shape index (κ1) is 11.4. The van der Waals surface area contributed by atoms with Gasteiger partial charge in [-0.05, 0) is 11.6 Å². The van der Waals surface area contributed by atoms with Gasteiger partial charge in [-0.1, -0.05) is 12.1 Å². The maximum atomic E-state index is 10.8. The molecule has 1 unspecified atom stereocenters. The Morgan fingerprint density at radius 1 is 1.59 bits per heavy atom. The van der Waals surface area contributed by atoms with Crippen LogP contribution in [0.25, 0.3) is 0 Å². The van der Waals surface area contributed by atoms with Crippen molar-refractivity contribution in [3.05, 3.63) is 29.3 Å². The molecule has 1 aliphatic heterocycles. The largest absolute Gasteiger partial charge is 0.493 e. The predicted molar refractivity (Wildman–Crippen MR) is 59.8 cm³/mol. The molecule has 0 saturated carbocycles. The van der Waals surface area contributed by atoms with E-state index in [9.17, 15) is 9.59 Å². The summed E-state index contributed by atoms with van der Waals surface area (Å²) in [4.78, 5) is 21.3. The fourth-order valence-electron chi connectivity index (χ4n) is 2.09. The Morgan fingerprint density at radius 3 is 3.12 bits per heavy atom. The lowest BCUT2D eigenvalue weighted by Crippen LogP contribution is -2.23. The summed E-state index contributed by atoms with van der Waals surface area (Å²) in [5, 5.41) is 11.4. The van der Waals surface area contributed by atoms with Crippen molar-refractivity contribution >= 4 is 12.4 Å². The highest BCUT2D eigenvalue weighted by Crippen LogP contribution is 2.32. The maximum absolute atomic E-state index is 10.8. The normalized spacial score (nSPS) is 14.6. The number of carbonyl (C=O) groups excluding carboxylic acids is 1. The SMILES string of the molecule is O=CNC(CC(=O)O)c1cccc2c1CCO2. The van der Waals surface area contributed by atoms with Gasteiger partial charge in [-0.2, -0.15) is 0 Å². The molecular formula is C12H13NO4. The van der Waals surface area contributed by atoms with Crippen LogP contribution >= 0.6 is 0 Å². The lowest BCUT2D eigenvalue weighted by Gasteiger charge is -2.17. The van der Waals surface area contributed by atoms with Crippen molar-refractivity contribution in [1.29, 1.82) is 0 Å². The Balaban J connectivity index is 2.32. The number of carbonyl (C=O) groups is 2. The van der Waals surface area contributed by atoms with Crippen molar-refractivity contribution in [2.75, 3.05) is 6.61 Å². The van der Waals surface area contributed by atoms with E-state index in [2.05, 4.69) is 5.32 Å². The van der Waals surface area contributed by atoms with Crippen LogP contribution in [0.5, 0.6) is 5.75 Å². The summed E-state index contributed by atoms with van der Waals surface area (Å²) in [7, 11) is 0. The highest BCUT2D eigenvalue weighted by atomic mass is 16.5. The van der Waals surface area contributed by atoms with Crippen LogP contribution in [0.3, 0.4) is 0 Å². The standard InChI is InChI=1S/C12H13NO4/c14-7-13-10(6-12(15)16)8-2-1-3-11-9(8)4-5-17-11/h1-3,7,10H,4-6H2,(H,13,14)(H,15,16). The Hall–Kier alpha value is -2.04. The molecule has 90 valence electrons. The van der Waals surface area contributed by atoms with Gasteiger partial charge in [0.25, 0.3) is 0 Å². The first-order valence-corrected chi connectivity index (χ1v) is 5.38. The van der Waals surface area contributed by atoms with Crippen LogP contribution in [-0.4, -0.2) is 24.1 Å². The van der Waals surface area contributed by atoms with E-state index in [1.165, 1.54) is 0 Å². The van der Waals surface area contributed by atoms with E-state index in [1.54, 1.807) is 6.07 Å². The molecule has 0 radical (unpaired) electrons. The average molecular weight is 235 g/mol. The number of hydrogen-bond donors (Lipinski definition) is 2. The van der Waals surface area contributed by atoms with E-state index in [0.29, 0.717) is 13.0 Å². The number of hydrogen-bond acceptors (Lipinski definition) is 3. The third-order valence-corrected chi connectivity index (χ3v) is 2.80. The summed E-state index contributed by atoms with van der Waals surface area (Å²) in [5.74, 6) is -0.161. The van der Waals surface area contributed by atoms with Gasteiger partial charge in [-0.25, -0.2) is 0 Å². The molecule has 1 aromatic carbocycles. The molecule has 0 fully saturated rings. The Labute approximate surface area is 98.4 Å². The molecule has 0 aromatic heterocycles. The lowest BCUT2D eigenvalue weighted by molar-refractivity contribution is -0.137. The molecule has 2 N–H and O–H groups in total.